The fourth-order valence-corrected chi connectivity index (χ4v) is 3.86. The Morgan fingerprint density at radius 2 is 2.00 bits per heavy atom. The largest absolute Gasteiger partial charge is 0.264 e. The molecule has 3 heterocycles. The Morgan fingerprint density at radius 3 is 2.65 bits per heavy atom. The van der Waals surface area contributed by atoms with E-state index in [1.165, 1.54) is 10.6 Å². The van der Waals surface area contributed by atoms with Crippen LogP contribution in [-0.2, 0) is 16.6 Å². The van der Waals surface area contributed by atoms with E-state index in [0.29, 0.717) is 13.1 Å². The molecule has 0 unspecified atom stereocenters. The third kappa shape index (κ3) is 3.42. The molecule has 0 amide bonds. The number of hydrogen-bond donors (Lipinski definition) is 0. The summed E-state index contributed by atoms with van der Waals surface area (Å²) >= 11 is 0. The van der Waals surface area contributed by atoms with E-state index in [9.17, 15) is 8.42 Å². The van der Waals surface area contributed by atoms with Crippen LogP contribution in [0.3, 0.4) is 0 Å². The molecule has 3 rings (SSSR count). The monoisotopic (exact) mass is 335 g/mol. The smallest absolute Gasteiger partial charge is 0.211 e. The molecule has 0 aliphatic carbocycles. The summed E-state index contributed by atoms with van der Waals surface area (Å²) in [5.74, 6) is 0.249. The van der Waals surface area contributed by atoms with Crippen LogP contribution in [0, 0.1) is 0 Å². The highest BCUT2D eigenvalue weighted by molar-refractivity contribution is 7.88. The summed E-state index contributed by atoms with van der Waals surface area (Å²) in [7, 11) is -3.10. The van der Waals surface area contributed by atoms with Crippen LogP contribution in [-0.4, -0.2) is 51.8 Å². The van der Waals surface area contributed by atoms with Crippen LogP contribution in [0.1, 0.15) is 31.4 Å². The lowest BCUT2D eigenvalue weighted by molar-refractivity contribution is 0.318. The second-order valence-corrected chi connectivity index (χ2v) is 7.78. The van der Waals surface area contributed by atoms with E-state index in [0.717, 1.165) is 36.5 Å². The zero-order chi connectivity index (χ0) is 16.4. The molecule has 1 aliphatic heterocycles. The van der Waals surface area contributed by atoms with E-state index in [-0.39, 0.29) is 5.92 Å². The van der Waals surface area contributed by atoms with Crippen molar-refractivity contribution in [3.63, 3.8) is 0 Å². The van der Waals surface area contributed by atoms with E-state index >= 15 is 0 Å². The molecule has 0 atom stereocenters. The zero-order valence-electron chi connectivity index (χ0n) is 13.4. The standard InChI is InChI=1S/C15H21N5O2S/c1-3-20-15(4-7-17-20)14-11-16-10-13(18-14)12-5-8-19(9-6-12)23(2,21)22/h4,7,10-12H,3,5-6,8-9H2,1-2H3. The Kier molecular flexibility index (Phi) is 4.45. The Hall–Kier alpha value is -1.80. The number of aryl methyl sites for hydroxylation is 1. The SMILES string of the molecule is CCn1nccc1-c1cncc(C2CCN(S(C)(=O)=O)CC2)n1. The molecule has 1 fully saturated rings. The molecule has 0 saturated carbocycles. The Labute approximate surface area is 136 Å². The number of nitrogens with zero attached hydrogens (tertiary/aromatic N) is 5. The van der Waals surface area contributed by atoms with Gasteiger partial charge in [-0.1, -0.05) is 0 Å². The lowest BCUT2D eigenvalue weighted by Gasteiger charge is -2.29. The van der Waals surface area contributed by atoms with E-state index in [1.54, 1.807) is 18.6 Å². The van der Waals surface area contributed by atoms with Crippen molar-refractivity contribution in [3.05, 3.63) is 30.4 Å². The van der Waals surface area contributed by atoms with Crippen molar-refractivity contribution in [2.24, 2.45) is 0 Å². The summed E-state index contributed by atoms with van der Waals surface area (Å²) in [5, 5.41) is 4.27. The molecular formula is C15H21N5O2S. The summed E-state index contributed by atoms with van der Waals surface area (Å²) in [6.45, 7) is 3.90. The summed E-state index contributed by atoms with van der Waals surface area (Å²) in [4.78, 5) is 9.07. The maximum atomic E-state index is 11.6. The van der Waals surface area contributed by atoms with Crippen molar-refractivity contribution in [3.8, 4) is 11.4 Å². The average Bonchev–Trinajstić information content (AvgIpc) is 3.03. The van der Waals surface area contributed by atoms with E-state index in [1.807, 2.05) is 17.7 Å². The van der Waals surface area contributed by atoms with Crippen molar-refractivity contribution >= 4 is 10.0 Å². The number of aromatic nitrogens is 4. The third-order valence-corrected chi connectivity index (χ3v) is 5.58. The molecule has 0 spiro atoms. The second-order valence-electron chi connectivity index (χ2n) is 5.80. The van der Waals surface area contributed by atoms with Crippen molar-refractivity contribution < 1.29 is 8.42 Å². The minimum absolute atomic E-state index is 0.249. The second kappa shape index (κ2) is 6.37. The lowest BCUT2D eigenvalue weighted by atomic mass is 9.95. The minimum Gasteiger partial charge on any atom is -0.264 e. The van der Waals surface area contributed by atoms with Gasteiger partial charge in [-0.3, -0.25) is 9.67 Å². The first-order valence-corrected chi connectivity index (χ1v) is 9.63. The van der Waals surface area contributed by atoms with Crippen LogP contribution < -0.4 is 0 Å². The van der Waals surface area contributed by atoms with Gasteiger partial charge < -0.3 is 0 Å². The van der Waals surface area contributed by atoms with Gasteiger partial charge in [0.15, 0.2) is 0 Å². The van der Waals surface area contributed by atoms with Crippen LogP contribution in [0.15, 0.2) is 24.7 Å². The fourth-order valence-electron chi connectivity index (χ4n) is 2.99. The third-order valence-electron chi connectivity index (χ3n) is 4.27. The normalized spacial score (nSPS) is 17.5. The Balaban J connectivity index is 1.79. The summed E-state index contributed by atoms with van der Waals surface area (Å²) < 4.78 is 26.6. The predicted octanol–water partition coefficient (Wildman–Crippen LogP) is 1.50. The first-order valence-electron chi connectivity index (χ1n) is 7.78. The van der Waals surface area contributed by atoms with Crippen LogP contribution in [0.5, 0.6) is 0 Å². The van der Waals surface area contributed by atoms with Gasteiger partial charge in [-0.25, -0.2) is 17.7 Å². The topological polar surface area (TPSA) is 81.0 Å². The van der Waals surface area contributed by atoms with Gasteiger partial charge in [0.25, 0.3) is 0 Å². The molecule has 1 saturated heterocycles. The first-order chi connectivity index (χ1) is 11.0. The summed E-state index contributed by atoms with van der Waals surface area (Å²) in [6, 6.07) is 1.93. The summed E-state index contributed by atoms with van der Waals surface area (Å²) in [6.07, 6.45) is 8.11. The van der Waals surface area contributed by atoms with Gasteiger partial charge in [-0.2, -0.15) is 5.10 Å². The number of hydrogen-bond acceptors (Lipinski definition) is 5. The molecule has 2 aromatic heterocycles. The number of sulfonamides is 1. The van der Waals surface area contributed by atoms with Crippen molar-refractivity contribution in [2.45, 2.75) is 32.2 Å². The van der Waals surface area contributed by atoms with Gasteiger partial charge in [0.1, 0.15) is 5.69 Å². The molecule has 8 heteroatoms. The fraction of sp³-hybridized carbons (Fsp3) is 0.533. The number of piperidine rings is 1. The van der Waals surface area contributed by atoms with E-state index in [4.69, 9.17) is 4.98 Å². The van der Waals surface area contributed by atoms with Crippen LogP contribution >= 0.6 is 0 Å². The van der Waals surface area contributed by atoms with Gasteiger partial charge in [0.2, 0.25) is 10.0 Å². The lowest BCUT2D eigenvalue weighted by Crippen LogP contribution is -2.37. The molecule has 0 bridgehead atoms. The van der Waals surface area contributed by atoms with Crippen molar-refractivity contribution in [2.75, 3.05) is 19.3 Å². The molecular weight excluding hydrogens is 314 g/mol. The summed E-state index contributed by atoms with van der Waals surface area (Å²) in [5.41, 5.74) is 2.70. The first kappa shape index (κ1) is 16.1. The quantitative estimate of drug-likeness (QED) is 0.846. The Bertz CT molecular complexity index is 779. The molecule has 23 heavy (non-hydrogen) atoms. The highest BCUT2D eigenvalue weighted by Gasteiger charge is 2.26. The molecule has 2 aromatic rings. The highest BCUT2D eigenvalue weighted by Crippen LogP contribution is 2.28. The highest BCUT2D eigenvalue weighted by atomic mass is 32.2. The number of rotatable bonds is 4. The van der Waals surface area contributed by atoms with Gasteiger partial charge in [0, 0.05) is 37.9 Å². The predicted molar refractivity (Wildman–Crippen MR) is 87.3 cm³/mol. The maximum absolute atomic E-state index is 11.6. The Morgan fingerprint density at radius 1 is 1.26 bits per heavy atom. The van der Waals surface area contributed by atoms with Gasteiger partial charge in [0.05, 0.1) is 23.8 Å². The molecule has 1 aliphatic rings. The van der Waals surface area contributed by atoms with Gasteiger partial charge >= 0.3 is 0 Å². The minimum atomic E-state index is -3.10. The van der Waals surface area contributed by atoms with Gasteiger partial charge in [-0.05, 0) is 25.8 Å². The van der Waals surface area contributed by atoms with Crippen LogP contribution in [0.2, 0.25) is 0 Å². The van der Waals surface area contributed by atoms with E-state index < -0.39 is 10.0 Å². The molecule has 0 radical (unpaired) electrons. The molecule has 124 valence electrons. The van der Waals surface area contributed by atoms with Crippen molar-refractivity contribution in [1.29, 1.82) is 0 Å². The van der Waals surface area contributed by atoms with Crippen LogP contribution in [0.25, 0.3) is 11.4 Å². The van der Waals surface area contributed by atoms with E-state index in [2.05, 4.69) is 10.1 Å². The average molecular weight is 335 g/mol. The van der Waals surface area contributed by atoms with Crippen LogP contribution in [0.4, 0.5) is 0 Å². The zero-order valence-corrected chi connectivity index (χ0v) is 14.2. The maximum Gasteiger partial charge on any atom is 0.211 e. The molecule has 7 nitrogen and oxygen atoms in total. The van der Waals surface area contributed by atoms with Gasteiger partial charge in [-0.15, -0.1) is 0 Å². The van der Waals surface area contributed by atoms with Crippen molar-refractivity contribution in [1.82, 2.24) is 24.1 Å². The molecule has 0 aromatic carbocycles. The molecule has 0 N–H and O–H groups in total.